The summed E-state index contributed by atoms with van der Waals surface area (Å²) in [5, 5.41) is 23.4. The van der Waals surface area contributed by atoms with E-state index in [0.29, 0.717) is 25.3 Å². The van der Waals surface area contributed by atoms with E-state index >= 15 is 0 Å². The molecule has 4 nitrogen and oxygen atoms in total. The second-order valence-electron chi connectivity index (χ2n) is 8.64. The fraction of sp³-hybridized carbons (Fsp3) is 0.345. The summed E-state index contributed by atoms with van der Waals surface area (Å²) < 4.78 is 0. The van der Waals surface area contributed by atoms with Gasteiger partial charge in [0.1, 0.15) is 0 Å². The first-order chi connectivity index (χ1) is 16.3. The van der Waals surface area contributed by atoms with Gasteiger partial charge in [-0.1, -0.05) is 104 Å². The van der Waals surface area contributed by atoms with Crippen LogP contribution in [-0.4, -0.2) is 21.8 Å². The van der Waals surface area contributed by atoms with Crippen molar-refractivity contribution in [2.75, 3.05) is 0 Å². The number of benzene rings is 3. The van der Waals surface area contributed by atoms with Gasteiger partial charge in [0, 0.05) is 17.6 Å². The van der Waals surface area contributed by atoms with Gasteiger partial charge in [0.15, 0.2) is 0 Å². The van der Waals surface area contributed by atoms with Crippen LogP contribution in [-0.2, 0) is 17.8 Å². The first kappa shape index (κ1) is 27.6. The molecule has 3 N–H and O–H groups in total. The number of aliphatic carboxylic acids is 1. The predicted octanol–water partition coefficient (Wildman–Crippen LogP) is 6.82. The lowest BCUT2D eigenvalue weighted by Gasteiger charge is -2.26. The minimum absolute atomic E-state index is 0.173. The summed E-state index contributed by atoms with van der Waals surface area (Å²) in [4.78, 5) is 10.7. The Labute approximate surface area is 208 Å². The van der Waals surface area contributed by atoms with Crippen LogP contribution >= 0.6 is 11.6 Å². The summed E-state index contributed by atoms with van der Waals surface area (Å²) >= 11 is 6.11. The largest absolute Gasteiger partial charge is 0.481 e. The van der Waals surface area contributed by atoms with Gasteiger partial charge < -0.3 is 15.5 Å². The molecule has 182 valence electrons. The summed E-state index contributed by atoms with van der Waals surface area (Å²) in [6.45, 7) is 4.90. The van der Waals surface area contributed by atoms with Gasteiger partial charge in [0.25, 0.3) is 0 Å². The molecule has 0 aromatic heterocycles. The van der Waals surface area contributed by atoms with Crippen LogP contribution in [0.4, 0.5) is 0 Å². The molecule has 0 saturated carbocycles. The lowest BCUT2D eigenvalue weighted by molar-refractivity contribution is -0.143. The zero-order valence-electron chi connectivity index (χ0n) is 20.1. The monoisotopic (exact) mass is 481 g/mol. The lowest BCUT2D eigenvalue weighted by atomic mass is 9.87. The molecule has 3 aromatic rings. The highest BCUT2D eigenvalue weighted by atomic mass is 35.5. The van der Waals surface area contributed by atoms with Gasteiger partial charge >= 0.3 is 5.97 Å². The lowest BCUT2D eigenvalue weighted by Crippen LogP contribution is -2.32. The maximum Gasteiger partial charge on any atom is 0.306 e. The van der Waals surface area contributed by atoms with E-state index < -0.39 is 11.6 Å². The van der Waals surface area contributed by atoms with Crippen molar-refractivity contribution in [2.24, 2.45) is 0 Å². The maximum atomic E-state index is 10.7. The molecule has 0 unspecified atom stereocenters. The van der Waals surface area contributed by atoms with Crippen molar-refractivity contribution < 1.29 is 15.0 Å². The molecule has 0 aliphatic rings. The molecule has 0 bridgehead atoms. The first-order valence-electron chi connectivity index (χ1n) is 11.8. The van der Waals surface area contributed by atoms with Crippen LogP contribution in [0.15, 0.2) is 84.9 Å². The Kier molecular flexibility index (Phi) is 11.8. The van der Waals surface area contributed by atoms with Crippen LogP contribution in [0.25, 0.3) is 0 Å². The average Bonchev–Trinajstić information content (AvgIpc) is 2.83. The van der Waals surface area contributed by atoms with Crippen LogP contribution in [0.2, 0.25) is 5.02 Å². The van der Waals surface area contributed by atoms with Crippen LogP contribution in [0.1, 0.15) is 62.3 Å². The van der Waals surface area contributed by atoms with Crippen LogP contribution in [0, 0.1) is 0 Å². The van der Waals surface area contributed by atoms with Gasteiger partial charge in [-0.2, -0.15) is 0 Å². The Balaban J connectivity index is 0.000000240. The SMILES string of the molecule is CCC[C@@](O)(CCc1ccccc1)CC(=O)O.C[C@@H](NCc1ccccc1Cl)c1ccccc1. The van der Waals surface area contributed by atoms with Gasteiger partial charge in [-0.05, 0) is 48.9 Å². The smallest absolute Gasteiger partial charge is 0.306 e. The molecular weight excluding hydrogens is 446 g/mol. The van der Waals surface area contributed by atoms with E-state index in [-0.39, 0.29) is 6.42 Å². The van der Waals surface area contributed by atoms with Gasteiger partial charge in [0.2, 0.25) is 0 Å². The Hall–Kier alpha value is -2.66. The fourth-order valence-electron chi connectivity index (χ4n) is 3.83. The fourth-order valence-corrected chi connectivity index (χ4v) is 4.04. The summed E-state index contributed by atoms with van der Waals surface area (Å²) in [7, 11) is 0. The van der Waals surface area contributed by atoms with Crippen molar-refractivity contribution in [3.63, 3.8) is 0 Å². The molecule has 0 heterocycles. The Morgan fingerprint density at radius 3 is 2.12 bits per heavy atom. The second kappa shape index (κ2) is 14.6. The van der Waals surface area contributed by atoms with Gasteiger partial charge in [-0.25, -0.2) is 0 Å². The normalized spacial score (nSPS) is 13.3. The Bertz CT molecular complexity index is 981. The van der Waals surface area contributed by atoms with Crippen LogP contribution < -0.4 is 5.32 Å². The minimum Gasteiger partial charge on any atom is -0.481 e. The molecule has 0 aliphatic heterocycles. The topological polar surface area (TPSA) is 69.6 Å². The average molecular weight is 482 g/mol. The van der Waals surface area contributed by atoms with Crippen molar-refractivity contribution in [1.29, 1.82) is 0 Å². The number of carboxylic acid groups (broad SMARTS) is 1. The van der Waals surface area contributed by atoms with Crippen LogP contribution in [0.5, 0.6) is 0 Å². The van der Waals surface area contributed by atoms with E-state index in [9.17, 15) is 9.90 Å². The number of aliphatic hydroxyl groups is 1. The summed E-state index contributed by atoms with van der Waals surface area (Å²) in [5.41, 5.74) is 2.49. The molecule has 0 radical (unpaired) electrons. The number of carboxylic acids is 1. The standard InChI is InChI=1S/C15H16ClN.C14H20O3/c1-12(13-7-3-2-4-8-13)17-11-14-9-5-6-10-15(14)16;1-2-9-14(17,11-13(15)16)10-8-12-6-4-3-5-7-12/h2-10,12,17H,11H2,1H3;3-7,17H,2,8-11H2,1H3,(H,15,16)/t12-;14-/m11/s1. The van der Waals surface area contributed by atoms with Crippen molar-refractivity contribution in [3.8, 4) is 0 Å². The van der Waals surface area contributed by atoms with E-state index in [4.69, 9.17) is 16.7 Å². The third-order valence-electron chi connectivity index (χ3n) is 5.77. The molecule has 0 spiro atoms. The third-order valence-corrected chi connectivity index (χ3v) is 6.14. The highest BCUT2D eigenvalue weighted by Crippen LogP contribution is 2.24. The number of hydrogen-bond donors (Lipinski definition) is 3. The molecule has 0 fully saturated rings. The molecular formula is C29H36ClNO3. The summed E-state index contributed by atoms with van der Waals surface area (Å²) in [6.07, 6.45) is 2.36. The van der Waals surface area contributed by atoms with Crippen LogP contribution in [0.3, 0.4) is 0 Å². The zero-order valence-corrected chi connectivity index (χ0v) is 20.8. The van der Waals surface area contributed by atoms with E-state index in [0.717, 1.165) is 29.1 Å². The number of rotatable bonds is 11. The summed E-state index contributed by atoms with van der Waals surface area (Å²) in [5.74, 6) is -0.936. The molecule has 2 atom stereocenters. The quantitative estimate of drug-likeness (QED) is 0.281. The number of carbonyl (C=O) groups is 1. The third kappa shape index (κ3) is 10.1. The molecule has 5 heteroatoms. The van der Waals surface area contributed by atoms with Gasteiger partial charge in [0.05, 0.1) is 12.0 Å². The minimum atomic E-state index is -1.07. The summed E-state index contributed by atoms with van der Waals surface area (Å²) in [6, 6.07) is 28.5. The van der Waals surface area contributed by atoms with Gasteiger partial charge in [-0.3, -0.25) is 4.79 Å². The highest BCUT2D eigenvalue weighted by Gasteiger charge is 2.28. The first-order valence-corrected chi connectivity index (χ1v) is 12.2. The highest BCUT2D eigenvalue weighted by molar-refractivity contribution is 6.31. The van der Waals surface area contributed by atoms with Crippen molar-refractivity contribution in [1.82, 2.24) is 5.32 Å². The molecule has 34 heavy (non-hydrogen) atoms. The zero-order chi connectivity index (χ0) is 24.8. The second-order valence-corrected chi connectivity index (χ2v) is 9.04. The molecule has 3 rings (SSSR count). The molecule has 0 aliphatic carbocycles. The number of nitrogens with one attached hydrogen (secondary N) is 1. The van der Waals surface area contributed by atoms with Crippen molar-refractivity contribution in [2.45, 2.75) is 64.1 Å². The van der Waals surface area contributed by atoms with E-state index in [2.05, 4.69) is 36.5 Å². The van der Waals surface area contributed by atoms with Crippen molar-refractivity contribution in [3.05, 3.63) is 107 Å². The number of aryl methyl sites for hydroxylation is 1. The molecule has 0 saturated heterocycles. The van der Waals surface area contributed by atoms with E-state index in [1.807, 2.05) is 67.6 Å². The van der Waals surface area contributed by atoms with Gasteiger partial charge in [-0.15, -0.1) is 0 Å². The predicted molar refractivity (Wildman–Crippen MR) is 140 cm³/mol. The molecule has 3 aromatic carbocycles. The Morgan fingerprint density at radius 1 is 0.941 bits per heavy atom. The maximum absolute atomic E-state index is 10.7. The number of halogens is 1. The van der Waals surface area contributed by atoms with E-state index in [1.165, 1.54) is 5.56 Å². The van der Waals surface area contributed by atoms with E-state index in [1.54, 1.807) is 0 Å². The Morgan fingerprint density at radius 2 is 1.53 bits per heavy atom. The van der Waals surface area contributed by atoms with Crippen molar-refractivity contribution >= 4 is 17.6 Å². The number of hydrogen-bond acceptors (Lipinski definition) is 3. The molecule has 0 amide bonds.